The number of aromatic nitrogens is 2. The first-order valence-electron chi connectivity index (χ1n) is 4.32. The van der Waals surface area contributed by atoms with Gasteiger partial charge in [0.25, 0.3) is 0 Å². The van der Waals surface area contributed by atoms with Gasteiger partial charge in [-0.3, -0.25) is 4.79 Å². The van der Waals surface area contributed by atoms with Crippen molar-refractivity contribution in [3.8, 4) is 0 Å². The molecule has 1 aromatic heterocycles. The Bertz CT molecular complexity index is 358. The van der Waals surface area contributed by atoms with Crippen molar-refractivity contribution in [3.05, 3.63) is 15.4 Å². The molecule has 1 heterocycles. The summed E-state index contributed by atoms with van der Waals surface area (Å²) in [6, 6.07) is 0. The lowest BCUT2D eigenvalue weighted by molar-refractivity contribution is -0.115. The zero-order valence-corrected chi connectivity index (χ0v) is 11.2. The third-order valence-electron chi connectivity index (χ3n) is 1.49. The maximum Gasteiger partial charge on any atom is 0.239 e. The largest absolute Gasteiger partial charge is 0.309 e. The third kappa shape index (κ3) is 4.23. The molecule has 5 nitrogen and oxygen atoms in total. The molecule has 0 aliphatic rings. The first-order valence-corrected chi connectivity index (χ1v) is 5.90. The smallest absolute Gasteiger partial charge is 0.239 e. The molecule has 0 spiro atoms. The monoisotopic (exact) mass is 336 g/mol. The van der Waals surface area contributed by atoms with Gasteiger partial charge in [-0.15, -0.1) is 0 Å². The summed E-state index contributed by atoms with van der Waals surface area (Å²) in [5.74, 6) is 0.273. The van der Waals surface area contributed by atoms with Gasteiger partial charge in [0.05, 0.1) is 12.7 Å². The van der Waals surface area contributed by atoms with Crippen molar-refractivity contribution in [2.24, 2.45) is 0 Å². The predicted molar refractivity (Wildman–Crippen MR) is 64.6 cm³/mol. The molecule has 0 unspecified atom stereocenters. The van der Waals surface area contributed by atoms with Gasteiger partial charge >= 0.3 is 0 Å². The Labute approximate surface area is 104 Å². The molecule has 0 aliphatic carbocycles. The SMILES string of the molecule is CCNCC(=O)Nc1ncc(Br)nc1Br. The summed E-state index contributed by atoms with van der Waals surface area (Å²) < 4.78 is 1.11. The molecule has 0 radical (unpaired) electrons. The highest BCUT2D eigenvalue weighted by Crippen LogP contribution is 2.18. The first-order chi connectivity index (χ1) is 7.13. The summed E-state index contributed by atoms with van der Waals surface area (Å²) >= 11 is 6.38. The standard InChI is InChI=1S/C8H10Br2N4O/c1-2-11-4-6(15)14-8-7(10)13-5(9)3-12-8/h3,11H,2,4H2,1H3,(H,12,14,15). The van der Waals surface area contributed by atoms with E-state index in [0.717, 1.165) is 6.54 Å². The zero-order chi connectivity index (χ0) is 11.3. The van der Waals surface area contributed by atoms with Gasteiger partial charge in [-0.1, -0.05) is 6.92 Å². The number of rotatable bonds is 4. The van der Waals surface area contributed by atoms with Gasteiger partial charge in [0.15, 0.2) is 5.82 Å². The maximum atomic E-state index is 11.3. The van der Waals surface area contributed by atoms with Crippen LogP contribution in [0.15, 0.2) is 15.4 Å². The van der Waals surface area contributed by atoms with Crippen LogP contribution in [-0.4, -0.2) is 29.0 Å². The number of carbonyl (C=O) groups is 1. The number of hydrogen-bond donors (Lipinski definition) is 2. The topological polar surface area (TPSA) is 66.9 Å². The highest BCUT2D eigenvalue weighted by Gasteiger charge is 2.07. The number of nitrogens with one attached hydrogen (secondary N) is 2. The van der Waals surface area contributed by atoms with Crippen molar-refractivity contribution < 1.29 is 4.79 Å². The number of nitrogens with zero attached hydrogens (tertiary/aromatic N) is 2. The molecule has 15 heavy (non-hydrogen) atoms. The lowest BCUT2D eigenvalue weighted by atomic mass is 10.5. The van der Waals surface area contributed by atoms with E-state index in [-0.39, 0.29) is 12.5 Å². The molecule has 1 rings (SSSR count). The predicted octanol–water partition coefficient (Wildman–Crippen LogP) is 1.55. The molecule has 0 saturated heterocycles. The van der Waals surface area contributed by atoms with Crippen molar-refractivity contribution in [2.45, 2.75) is 6.92 Å². The number of carbonyl (C=O) groups excluding carboxylic acids is 1. The number of likely N-dealkylation sites (N-methyl/N-ethyl adjacent to an activating group) is 1. The van der Waals surface area contributed by atoms with Crippen LogP contribution in [0.5, 0.6) is 0 Å². The Balaban J connectivity index is 2.60. The summed E-state index contributed by atoms with van der Waals surface area (Å²) in [6.07, 6.45) is 1.52. The average molecular weight is 338 g/mol. The maximum absolute atomic E-state index is 11.3. The average Bonchev–Trinajstić information content (AvgIpc) is 2.19. The minimum atomic E-state index is -0.144. The Morgan fingerprint density at radius 3 is 2.87 bits per heavy atom. The summed E-state index contributed by atoms with van der Waals surface area (Å²) in [5, 5.41) is 5.54. The van der Waals surface area contributed by atoms with Crippen LogP contribution >= 0.6 is 31.9 Å². The second-order valence-corrected chi connectivity index (χ2v) is 4.22. The fourth-order valence-corrected chi connectivity index (χ4v) is 1.76. The normalized spacial score (nSPS) is 10.1. The van der Waals surface area contributed by atoms with Gasteiger partial charge in [0.1, 0.15) is 9.21 Å². The van der Waals surface area contributed by atoms with Crippen LogP contribution in [-0.2, 0) is 4.79 Å². The fourth-order valence-electron chi connectivity index (χ4n) is 0.845. The number of amides is 1. The van der Waals surface area contributed by atoms with Crippen LogP contribution in [0.1, 0.15) is 6.92 Å². The Morgan fingerprint density at radius 1 is 1.53 bits per heavy atom. The van der Waals surface area contributed by atoms with E-state index in [4.69, 9.17) is 0 Å². The minimum absolute atomic E-state index is 0.144. The fraction of sp³-hybridized carbons (Fsp3) is 0.375. The summed E-state index contributed by atoms with van der Waals surface area (Å²) in [7, 11) is 0. The van der Waals surface area contributed by atoms with E-state index in [0.29, 0.717) is 15.0 Å². The third-order valence-corrected chi connectivity index (χ3v) is 2.43. The van der Waals surface area contributed by atoms with E-state index in [1.807, 2.05) is 6.92 Å². The lowest BCUT2D eigenvalue weighted by Crippen LogP contribution is -2.28. The van der Waals surface area contributed by atoms with E-state index in [1.165, 1.54) is 6.20 Å². The van der Waals surface area contributed by atoms with Crippen molar-refractivity contribution >= 4 is 43.6 Å². The van der Waals surface area contributed by atoms with Crippen LogP contribution in [0.4, 0.5) is 5.82 Å². The first kappa shape index (κ1) is 12.5. The molecule has 0 aliphatic heterocycles. The van der Waals surface area contributed by atoms with Gasteiger partial charge in [0, 0.05) is 0 Å². The van der Waals surface area contributed by atoms with E-state index in [1.54, 1.807) is 0 Å². The zero-order valence-electron chi connectivity index (χ0n) is 8.05. The Morgan fingerprint density at radius 2 is 2.27 bits per heavy atom. The van der Waals surface area contributed by atoms with Crippen LogP contribution in [0.25, 0.3) is 0 Å². The lowest BCUT2D eigenvalue weighted by Gasteiger charge is -2.05. The van der Waals surface area contributed by atoms with E-state index in [2.05, 4.69) is 52.5 Å². The van der Waals surface area contributed by atoms with Crippen molar-refractivity contribution in [2.75, 3.05) is 18.4 Å². The second-order valence-electron chi connectivity index (χ2n) is 2.66. The molecule has 0 atom stereocenters. The molecule has 0 aromatic carbocycles. The molecule has 2 N–H and O–H groups in total. The quantitative estimate of drug-likeness (QED) is 0.874. The molecule has 1 aromatic rings. The van der Waals surface area contributed by atoms with E-state index in [9.17, 15) is 4.79 Å². The molecule has 7 heteroatoms. The van der Waals surface area contributed by atoms with Crippen LogP contribution in [0.3, 0.4) is 0 Å². The minimum Gasteiger partial charge on any atom is -0.309 e. The summed E-state index contributed by atoms with van der Waals surface area (Å²) in [5.41, 5.74) is 0. The van der Waals surface area contributed by atoms with E-state index >= 15 is 0 Å². The van der Waals surface area contributed by atoms with Crippen molar-refractivity contribution in [1.29, 1.82) is 0 Å². The van der Waals surface area contributed by atoms with Crippen molar-refractivity contribution in [3.63, 3.8) is 0 Å². The molecular weight excluding hydrogens is 328 g/mol. The van der Waals surface area contributed by atoms with Gasteiger partial charge in [-0.2, -0.15) is 0 Å². The van der Waals surface area contributed by atoms with E-state index < -0.39 is 0 Å². The van der Waals surface area contributed by atoms with Crippen LogP contribution in [0.2, 0.25) is 0 Å². The molecule has 0 bridgehead atoms. The Kier molecular flexibility index (Phi) is 5.13. The molecule has 1 amide bonds. The molecular formula is C8H10Br2N4O. The highest BCUT2D eigenvalue weighted by molar-refractivity contribution is 9.11. The number of anilines is 1. The van der Waals surface area contributed by atoms with Crippen molar-refractivity contribution in [1.82, 2.24) is 15.3 Å². The second kappa shape index (κ2) is 6.14. The number of halogens is 2. The van der Waals surface area contributed by atoms with Gasteiger partial charge < -0.3 is 10.6 Å². The highest BCUT2D eigenvalue weighted by atomic mass is 79.9. The van der Waals surface area contributed by atoms with Crippen LogP contribution < -0.4 is 10.6 Å². The molecule has 0 fully saturated rings. The Hall–Kier alpha value is -0.530. The molecule has 0 saturated carbocycles. The molecule has 82 valence electrons. The summed E-state index contributed by atoms with van der Waals surface area (Å²) in [6.45, 7) is 2.95. The van der Waals surface area contributed by atoms with Gasteiger partial charge in [0.2, 0.25) is 5.91 Å². The number of hydrogen-bond acceptors (Lipinski definition) is 4. The van der Waals surface area contributed by atoms with Gasteiger partial charge in [-0.25, -0.2) is 9.97 Å². The summed E-state index contributed by atoms with van der Waals surface area (Å²) in [4.78, 5) is 19.4. The van der Waals surface area contributed by atoms with Gasteiger partial charge in [-0.05, 0) is 38.4 Å². The van der Waals surface area contributed by atoms with Crippen LogP contribution in [0, 0.1) is 0 Å².